The normalized spacial score (nSPS) is 11.9. The van der Waals surface area contributed by atoms with Gasteiger partial charge in [-0.3, -0.25) is 15.0 Å². The Labute approximate surface area is 166 Å². The molecular formula is C19H21N3O4S2. The third-order valence-corrected chi connectivity index (χ3v) is 7.59. The van der Waals surface area contributed by atoms with Crippen molar-refractivity contribution in [1.82, 2.24) is 9.66 Å². The van der Waals surface area contributed by atoms with Crippen LogP contribution in [0.1, 0.15) is 32.2 Å². The molecule has 0 bridgehead atoms. The maximum Gasteiger partial charge on any atom is 0.290 e. The number of hydrogen-bond donors (Lipinski definition) is 1. The molecule has 0 fully saturated rings. The predicted molar refractivity (Wildman–Crippen MR) is 110 cm³/mol. The molecule has 3 rings (SSSR count). The number of aryl methyl sites for hydroxylation is 1. The zero-order valence-electron chi connectivity index (χ0n) is 15.8. The summed E-state index contributed by atoms with van der Waals surface area (Å²) in [6.07, 6.45) is 0.472. The number of fused-ring (bicyclic) bond motifs is 1. The summed E-state index contributed by atoms with van der Waals surface area (Å²) in [5.41, 5.74) is 3.12. The van der Waals surface area contributed by atoms with Crippen LogP contribution in [-0.4, -0.2) is 29.2 Å². The lowest BCUT2D eigenvalue weighted by atomic mass is 10.1. The Morgan fingerprint density at radius 3 is 2.54 bits per heavy atom. The van der Waals surface area contributed by atoms with E-state index in [4.69, 9.17) is 0 Å². The van der Waals surface area contributed by atoms with Gasteiger partial charge in [-0.1, -0.05) is 37.3 Å². The zero-order chi connectivity index (χ0) is 20.5. The molecule has 3 aromatic rings. The van der Waals surface area contributed by atoms with Crippen LogP contribution in [0.15, 0.2) is 45.4 Å². The SMILES string of the molecule is CCc1nc2c(S(=O)(=O)C(C)C)csc2c(=O)n1NC(=O)Cc1ccccc1. The number of nitrogens with zero attached hydrogens (tertiary/aromatic N) is 2. The van der Waals surface area contributed by atoms with E-state index in [1.807, 2.05) is 30.3 Å². The second-order valence-corrected chi connectivity index (χ2v) is 9.94. The van der Waals surface area contributed by atoms with E-state index in [1.54, 1.807) is 20.8 Å². The summed E-state index contributed by atoms with van der Waals surface area (Å²) >= 11 is 1.02. The van der Waals surface area contributed by atoms with Crippen LogP contribution in [0.5, 0.6) is 0 Å². The number of carbonyl (C=O) groups excluding carboxylic acids is 1. The molecule has 0 aliphatic heterocycles. The van der Waals surface area contributed by atoms with Crippen LogP contribution in [0.25, 0.3) is 10.2 Å². The van der Waals surface area contributed by atoms with E-state index < -0.39 is 20.6 Å². The van der Waals surface area contributed by atoms with E-state index in [0.29, 0.717) is 12.2 Å². The summed E-state index contributed by atoms with van der Waals surface area (Å²) in [6.45, 7) is 4.96. The molecule has 1 N–H and O–H groups in total. The summed E-state index contributed by atoms with van der Waals surface area (Å²) in [5, 5.41) is 0.828. The summed E-state index contributed by atoms with van der Waals surface area (Å²) in [6, 6.07) is 9.18. The average Bonchev–Trinajstić information content (AvgIpc) is 3.09. The molecular weight excluding hydrogens is 398 g/mol. The molecule has 0 saturated carbocycles. The maximum atomic E-state index is 12.9. The second kappa shape index (κ2) is 7.84. The number of hydrogen-bond acceptors (Lipinski definition) is 6. The van der Waals surface area contributed by atoms with Crippen LogP contribution in [0.3, 0.4) is 0 Å². The van der Waals surface area contributed by atoms with Crippen molar-refractivity contribution in [2.24, 2.45) is 0 Å². The van der Waals surface area contributed by atoms with Crippen LogP contribution in [-0.2, 0) is 27.5 Å². The van der Waals surface area contributed by atoms with Gasteiger partial charge < -0.3 is 0 Å². The highest BCUT2D eigenvalue weighted by Gasteiger charge is 2.26. The van der Waals surface area contributed by atoms with Crippen molar-refractivity contribution in [3.63, 3.8) is 0 Å². The van der Waals surface area contributed by atoms with Crippen LogP contribution in [0.4, 0.5) is 0 Å². The molecule has 1 amide bonds. The van der Waals surface area contributed by atoms with Gasteiger partial charge in [0.15, 0.2) is 9.84 Å². The van der Waals surface area contributed by atoms with E-state index in [1.165, 1.54) is 5.38 Å². The number of rotatable bonds is 6. The molecule has 2 aromatic heterocycles. The fourth-order valence-corrected chi connectivity index (χ4v) is 5.21. The molecule has 148 valence electrons. The third kappa shape index (κ3) is 3.72. The Kier molecular flexibility index (Phi) is 5.66. The highest BCUT2D eigenvalue weighted by molar-refractivity contribution is 7.92. The van der Waals surface area contributed by atoms with Crippen molar-refractivity contribution in [2.45, 2.75) is 43.8 Å². The summed E-state index contributed by atoms with van der Waals surface area (Å²) in [4.78, 5) is 29.8. The Hall–Kier alpha value is -2.52. The minimum absolute atomic E-state index is 0.0667. The van der Waals surface area contributed by atoms with E-state index in [-0.39, 0.29) is 27.4 Å². The molecule has 9 heteroatoms. The topological polar surface area (TPSA) is 98.1 Å². The van der Waals surface area contributed by atoms with E-state index >= 15 is 0 Å². The van der Waals surface area contributed by atoms with Gasteiger partial charge in [0.2, 0.25) is 5.91 Å². The summed E-state index contributed by atoms with van der Waals surface area (Å²) in [7, 11) is -3.57. The van der Waals surface area contributed by atoms with Gasteiger partial charge in [0.25, 0.3) is 5.56 Å². The number of benzene rings is 1. The lowest BCUT2D eigenvalue weighted by Crippen LogP contribution is -2.36. The highest BCUT2D eigenvalue weighted by Crippen LogP contribution is 2.28. The van der Waals surface area contributed by atoms with Crippen molar-refractivity contribution < 1.29 is 13.2 Å². The molecule has 1 aromatic carbocycles. The van der Waals surface area contributed by atoms with Crippen LogP contribution < -0.4 is 11.0 Å². The monoisotopic (exact) mass is 419 g/mol. The van der Waals surface area contributed by atoms with Crippen LogP contribution >= 0.6 is 11.3 Å². The Morgan fingerprint density at radius 2 is 1.93 bits per heavy atom. The minimum atomic E-state index is -3.57. The number of amides is 1. The zero-order valence-corrected chi connectivity index (χ0v) is 17.4. The van der Waals surface area contributed by atoms with Gasteiger partial charge in [-0.2, -0.15) is 0 Å². The number of thiophene rings is 1. The van der Waals surface area contributed by atoms with Gasteiger partial charge in [-0.25, -0.2) is 18.1 Å². The van der Waals surface area contributed by atoms with Crippen LogP contribution in [0, 0.1) is 0 Å². The molecule has 0 spiro atoms. The Bertz CT molecular complexity index is 1180. The molecule has 0 aliphatic carbocycles. The van der Waals surface area contributed by atoms with E-state index in [2.05, 4.69) is 10.4 Å². The van der Waals surface area contributed by atoms with Gasteiger partial charge in [0.1, 0.15) is 20.9 Å². The smallest absolute Gasteiger partial charge is 0.273 e. The summed E-state index contributed by atoms with van der Waals surface area (Å²) in [5.74, 6) is -0.0479. The van der Waals surface area contributed by atoms with Crippen molar-refractivity contribution in [3.05, 3.63) is 57.5 Å². The molecule has 0 radical (unpaired) electrons. The Morgan fingerprint density at radius 1 is 1.25 bits per heavy atom. The lowest BCUT2D eigenvalue weighted by molar-refractivity contribution is -0.116. The quantitative estimate of drug-likeness (QED) is 0.662. The predicted octanol–water partition coefficient (Wildman–Crippen LogP) is 2.52. The molecule has 7 nitrogen and oxygen atoms in total. The number of nitrogens with one attached hydrogen (secondary N) is 1. The highest BCUT2D eigenvalue weighted by atomic mass is 32.2. The Balaban J connectivity index is 2.04. The molecule has 0 unspecified atom stereocenters. The van der Waals surface area contributed by atoms with Crippen molar-refractivity contribution in [3.8, 4) is 0 Å². The second-order valence-electron chi connectivity index (χ2n) is 6.59. The van der Waals surface area contributed by atoms with Gasteiger partial charge in [0, 0.05) is 11.8 Å². The molecule has 0 aliphatic rings. The first-order valence-corrected chi connectivity index (χ1v) is 11.3. The third-order valence-electron chi connectivity index (χ3n) is 4.32. The maximum absolute atomic E-state index is 12.9. The van der Waals surface area contributed by atoms with Crippen LogP contribution in [0.2, 0.25) is 0 Å². The molecule has 0 saturated heterocycles. The van der Waals surface area contributed by atoms with Crippen molar-refractivity contribution >= 4 is 37.3 Å². The fourth-order valence-electron chi connectivity index (χ4n) is 2.75. The first-order chi connectivity index (χ1) is 13.3. The lowest BCUT2D eigenvalue weighted by Gasteiger charge is -2.13. The average molecular weight is 420 g/mol. The molecule has 2 heterocycles. The largest absolute Gasteiger partial charge is 0.290 e. The number of aromatic nitrogens is 2. The summed E-state index contributed by atoms with van der Waals surface area (Å²) < 4.78 is 26.5. The van der Waals surface area contributed by atoms with Crippen molar-refractivity contribution in [2.75, 3.05) is 5.43 Å². The first-order valence-electron chi connectivity index (χ1n) is 8.86. The van der Waals surface area contributed by atoms with E-state index in [9.17, 15) is 18.0 Å². The van der Waals surface area contributed by atoms with Crippen molar-refractivity contribution in [1.29, 1.82) is 0 Å². The molecule has 28 heavy (non-hydrogen) atoms. The van der Waals surface area contributed by atoms with Gasteiger partial charge in [0.05, 0.1) is 11.7 Å². The number of carbonyl (C=O) groups is 1. The molecule has 0 atom stereocenters. The standard InChI is InChI=1S/C19H21N3O4S2/c1-4-15-20-17-14(28(25,26)12(2)3)11-27-18(17)19(24)22(15)21-16(23)10-13-8-6-5-7-9-13/h5-9,11-12H,4,10H2,1-3H3,(H,21,23). The first kappa shape index (κ1) is 20.2. The van der Waals surface area contributed by atoms with E-state index in [0.717, 1.165) is 21.6 Å². The van der Waals surface area contributed by atoms with Gasteiger partial charge in [-0.05, 0) is 19.4 Å². The fraction of sp³-hybridized carbons (Fsp3) is 0.316. The van der Waals surface area contributed by atoms with Gasteiger partial charge in [-0.15, -0.1) is 11.3 Å². The number of sulfone groups is 1. The van der Waals surface area contributed by atoms with Gasteiger partial charge >= 0.3 is 0 Å². The minimum Gasteiger partial charge on any atom is -0.273 e.